The fourth-order valence-electron chi connectivity index (χ4n) is 3.07. The number of carbonyl (C=O) groups excluding carboxylic acids is 1. The number of thioether (sulfide) groups is 1. The minimum atomic E-state index is -0.127. The van der Waals surface area contributed by atoms with Crippen molar-refractivity contribution in [3.8, 4) is 23.0 Å². The molecule has 0 spiro atoms. The molecule has 0 bridgehead atoms. The van der Waals surface area contributed by atoms with Crippen LogP contribution < -0.4 is 10.1 Å². The molecule has 4 rings (SSSR count). The minimum Gasteiger partial charge on any atom is -0.494 e. The lowest BCUT2D eigenvalue weighted by Crippen LogP contribution is -2.14. The maximum absolute atomic E-state index is 12.5. The van der Waals surface area contributed by atoms with E-state index in [1.165, 1.54) is 11.8 Å². The van der Waals surface area contributed by atoms with Gasteiger partial charge in [0.1, 0.15) is 5.75 Å². The van der Waals surface area contributed by atoms with Crippen LogP contribution in [0.25, 0.3) is 17.3 Å². The number of hydrogen-bond donors (Lipinski definition) is 1. The number of benzene rings is 2. The third-order valence-corrected chi connectivity index (χ3v) is 6.37. The topological polar surface area (TPSA) is 82.2 Å². The van der Waals surface area contributed by atoms with Gasteiger partial charge < -0.3 is 14.5 Å². The van der Waals surface area contributed by atoms with Gasteiger partial charge in [0.15, 0.2) is 10.9 Å². The summed E-state index contributed by atoms with van der Waals surface area (Å²) >= 11 is 4.77. The Labute approximate surface area is 198 Å². The first kappa shape index (κ1) is 22.2. The summed E-state index contributed by atoms with van der Waals surface area (Å²) in [6.07, 6.45) is 1.59. The molecule has 0 saturated heterocycles. The number of furan rings is 1. The molecule has 2 aromatic carbocycles. The lowest BCUT2D eigenvalue weighted by Gasteiger charge is -2.11. The minimum absolute atomic E-state index is 0.127. The molecule has 0 aliphatic carbocycles. The van der Waals surface area contributed by atoms with E-state index in [4.69, 9.17) is 9.15 Å². The molecule has 0 unspecified atom stereocenters. The molecule has 0 radical (unpaired) electrons. The van der Waals surface area contributed by atoms with E-state index >= 15 is 0 Å². The zero-order valence-corrected chi connectivity index (χ0v) is 19.9. The highest BCUT2D eigenvalue weighted by Crippen LogP contribution is 2.29. The summed E-state index contributed by atoms with van der Waals surface area (Å²) in [6.45, 7) is 4.51. The average Bonchev–Trinajstić information content (AvgIpc) is 3.45. The Balaban J connectivity index is 1.55. The van der Waals surface area contributed by atoms with Crippen LogP contribution in [0.4, 0.5) is 5.69 Å². The number of rotatable bonds is 8. The number of aryl methyl sites for hydroxylation is 1. The van der Waals surface area contributed by atoms with Crippen molar-refractivity contribution in [2.24, 2.45) is 0 Å². The zero-order chi connectivity index (χ0) is 22.5. The van der Waals surface area contributed by atoms with E-state index in [0.717, 1.165) is 27.2 Å². The highest BCUT2D eigenvalue weighted by atomic mass is 79.9. The van der Waals surface area contributed by atoms with Gasteiger partial charge in [0.25, 0.3) is 0 Å². The molecule has 9 heteroatoms. The van der Waals surface area contributed by atoms with Crippen LogP contribution in [0.5, 0.6) is 5.75 Å². The van der Waals surface area contributed by atoms with E-state index in [-0.39, 0.29) is 11.7 Å². The summed E-state index contributed by atoms with van der Waals surface area (Å²) in [6, 6.07) is 16.9. The van der Waals surface area contributed by atoms with Crippen LogP contribution in [0.3, 0.4) is 0 Å². The van der Waals surface area contributed by atoms with Gasteiger partial charge in [0.05, 0.1) is 24.3 Å². The maximum atomic E-state index is 12.5. The van der Waals surface area contributed by atoms with Gasteiger partial charge in [-0.05, 0) is 74.0 Å². The zero-order valence-electron chi connectivity index (χ0n) is 17.5. The Hall–Kier alpha value is -3.04. The standard InChI is InChI=1S/C23H21BrN4O3S/c1-3-30-18-9-7-17(8-10-18)28-22(20-5-4-12-31-20)26-27-23(28)32-14-21(29)25-16-6-11-19(24)15(2)13-16/h4-13H,3,14H2,1-2H3,(H,25,29). The maximum Gasteiger partial charge on any atom is 0.234 e. The molecule has 0 saturated carbocycles. The van der Waals surface area contributed by atoms with E-state index in [0.29, 0.717) is 23.3 Å². The SMILES string of the molecule is CCOc1ccc(-n2c(SCC(=O)Nc3ccc(Br)c(C)c3)nnc2-c2ccco2)cc1. The number of nitrogens with one attached hydrogen (secondary N) is 1. The van der Waals surface area contributed by atoms with Crippen LogP contribution in [0.2, 0.25) is 0 Å². The molecule has 2 heterocycles. The fourth-order valence-corrected chi connectivity index (χ4v) is 4.07. The first-order chi connectivity index (χ1) is 15.5. The Morgan fingerprint density at radius 2 is 2.00 bits per heavy atom. The largest absolute Gasteiger partial charge is 0.494 e. The van der Waals surface area contributed by atoms with Crippen molar-refractivity contribution in [3.63, 3.8) is 0 Å². The molecular weight excluding hydrogens is 492 g/mol. The number of ether oxygens (including phenoxy) is 1. The average molecular weight is 513 g/mol. The predicted molar refractivity (Wildman–Crippen MR) is 128 cm³/mol. The molecule has 0 fully saturated rings. The van der Waals surface area contributed by atoms with Crippen LogP contribution in [0.15, 0.2) is 74.9 Å². The Bertz CT molecular complexity index is 1210. The summed E-state index contributed by atoms with van der Waals surface area (Å²) in [5.41, 5.74) is 2.64. The Kier molecular flexibility index (Phi) is 6.96. The van der Waals surface area contributed by atoms with Gasteiger partial charge in [0, 0.05) is 10.2 Å². The number of halogens is 1. The van der Waals surface area contributed by atoms with E-state index in [1.54, 1.807) is 12.3 Å². The molecule has 7 nitrogen and oxygen atoms in total. The van der Waals surface area contributed by atoms with Gasteiger partial charge in [-0.2, -0.15) is 0 Å². The molecule has 164 valence electrons. The number of amides is 1. The summed E-state index contributed by atoms with van der Waals surface area (Å²) in [7, 11) is 0. The van der Waals surface area contributed by atoms with Crippen molar-refractivity contribution in [2.45, 2.75) is 19.0 Å². The van der Waals surface area contributed by atoms with Gasteiger partial charge in [-0.15, -0.1) is 10.2 Å². The van der Waals surface area contributed by atoms with Gasteiger partial charge in [-0.25, -0.2) is 0 Å². The van der Waals surface area contributed by atoms with Gasteiger partial charge in [0.2, 0.25) is 11.7 Å². The number of aromatic nitrogens is 3. The van der Waals surface area contributed by atoms with Crippen LogP contribution in [-0.2, 0) is 4.79 Å². The van der Waals surface area contributed by atoms with Crippen LogP contribution in [0.1, 0.15) is 12.5 Å². The lowest BCUT2D eigenvalue weighted by molar-refractivity contribution is -0.113. The Morgan fingerprint density at radius 1 is 1.19 bits per heavy atom. The first-order valence-corrected chi connectivity index (χ1v) is 11.7. The van der Waals surface area contributed by atoms with Crippen molar-refractivity contribution in [3.05, 3.63) is 70.9 Å². The van der Waals surface area contributed by atoms with Crippen molar-refractivity contribution in [1.82, 2.24) is 14.8 Å². The third kappa shape index (κ3) is 5.05. The first-order valence-electron chi connectivity index (χ1n) is 9.96. The second-order valence-electron chi connectivity index (χ2n) is 6.85. The quantitative estimate of drug-likeness (QED) is 0.303. The van der Waals surface area contributed by atoms with Crippen molar-refractivity contribution < 1.29 is 13.9 Å². The lowest BCUT2D eigenvalue weighted by atomic mass is 10.2. The van der Waals surface area contributed by atoms with Crippen molar-refractivity contribution >= 4 is 39.3 Å². The molecule has 4 aromatic rings. The summed E-state index contributed by atoms with van der Waals surface area (Å²) in [5.74, 6) is 1.99. The van der Waals surface area contributed by atoms with Crippen molar-refractivity contribution in [2.75, 3.05) is 17.7 Å². The summed E-state index contributed by atoms with van der Waals surface area (Å²) in [5, 5.41) is 12.1. The monoisotopic (exact) mass is 512 g/mol. The molecule has 2 aromatic heterocycles. The van der Waals surface area contributed by atoms with Crippen LogP contribution in [-0.4, -0.2) is 33.0 Å². The molecule has 1 amide bonds. The van der Waals surface area contributed by atoms with Gasteiger partial charge in [-0.3, -0.25) is 9.36 Å². The predicted octanol–water partition coefficient (Wildman–Crippen LogP) is 5.73. The molecule has 0 aliphatic rings. The molecular formula is C23H21BrN4O3S. The number of carbonyl (C=O) groups is 1. The van der Waals surface area contributed by atoms with E-state index in [1.807, 2.05) is 66.9 Å². The van der Waals surface area contributed by atoms with E-state index in [9.17, 15) is 4.79 Å². The van der Waals surface area contributed by atoms with Gasteiger partial charge >= 0.3 is 0 Å². The normalized spacial score (nSPS) is 10.8. The second-order valence-corrected chi connectivity index (χ2v) is 8.64. The van der Waals surface area contributed by atoms with Gasteiger partial charge in [-0.1, -0.05) is 27.7 Å². The molecule has 0 atom stereocenters. The molecule has 1 N–H and O–H groups in total. The van der Waals surface area contributed by atoms with Crippen LogP contribution >= 0.6 is 27.7 Å². The highest BCUT2D eigenvalue weighted by Gasteiger charge is 2.19. The highest BCUT2D eigenvalue weighted by molar-refractivity contribution is 9.10. The smallest absolute Gasteiger partial charge is 0.234 e. The fraction of sp³-hybridized carbons (Fsp3) is 0.174. The number of anilines is 1. The van der Waals surface area contributed by atoms with E-state index in [2.05, 4.69) is 31.4 Å². The number of hydrogen-bond acceptors (Lipinski definition) is 6. The summed E-state index contributed by atoms with van der Waals surface area (Å²) < 4.78 is 14.0. The van der Waals surface area contributed by atoms with Crippen molar-refractivity contribution in [1.29, 1.82) is 0 Å². The third-order valence-electron chi connectivity index (χ3n) is 4.55. The molecule has 32 heavy (non-hydrogen) atoms. The van der Waals surface area contributed by atoms with Crippen LogP contribution in [0, 0.1) is 6.92 Å². The molecule has 0 aliphatic heterocycles. The summed E-state index contributed by atoms with van der Waals surface area (Å²) in [4.78, 5) is 12.5. The Morgan fingerprint density at radius 3 is 2.69 bits per heavy atom. The van der Waals surface area contributed by atoms with E-state index < -0.39 is 0 Å². The number of nitrogens with zero attached hydrogens (tertiary/aromatic N) is 3. The second kappa shape index (κ2) is 10.1.